The van der Waals surface area contributed by atoms with Crippen LogP contribution in [-0.4, -0.2) is 17.0 Å². The summed E-state index contributed by atoms with van der Waals surface area (Å²) in [5, 5.41) is 0. The summed E-state index contributed by atoms with van der Waals surface area (Å²) in [6, 6.07) is 1.39. The van der Waals surface area contributed by atoms with Crippen molar-refractivity contribution in [3.63, 3.8) is 0 Å². The summed E-state index contributed by atoms with van der Waals surface area (Å²) in [5.41, 5.74) is 1.23. The second-order valence-electron chi connectivity index (χ2n) is 4.13. The molecule has 1 aliphatic rings. The summed E-state index contributed by atoms with van der Waals surface area (Å²) >= 11 is 0. The summed E-state index contributed by atoms with van der Waals surface area (Å²) in [6.07, 6.45) is 5.43. The Morgan fingerprint density at radius 2 is 1.40 bits per heavy atom. The predicted octanol–water partition coefficient (Wildman–Crippen LogP) is 4.82. The van der Waals surface area contributed by atoms with Gasteiger partial charge in [-0.3, -0.25) is 0 Å². The van der Waals surface area contributed by atoms with Crippen LogP contribution in [-0.2, 0) is 0 Å². The lowest BCUT2D eigenvalue weighted by atomic mass is 10.1. The average Bonchev–Trinajstić information content (AvgIpc) is 2.30. The van der Waals surface area contributed by atoms with E-state index in [4.69, 9.17) is 0 Å². The van der Waals surface area contributed by atoms with Gasteiger partial charge in [-0.05, 0) is 33.6 Å². The van der Waals surface area contributed by atoms with E-state index in [9.17, 15) is 0 Å². The van der Waals surface area contributed by atoms with Gasteiger partial charge in [0, 0.05) is 17.8 Å². The smallest absolute Gasteiger partial charge is 0.0261 e. The quantitative estimate of drug-likeness (QED) is 0.625. The highest BCUT2D eigenvalue weighted by Crippen LogP contribution is 2.24. The number of allylic oxidation sites excluding steroid dienone is 1. The Morgan fingerprint density at radius 3 is 1.67 bits per heavy atom. The molecule has 0 aromatic heterocycles. The molecule has 2 atom stereocenters. The lowest BCUT2D eigenvalue weighted by Gasteiger charge is -2.35. The zero-order chi connectivity index (χ0) is 11.1. The normalized spacial score (nSPS) is 25.5. The fraction of sp³-hybridized carbons (Fsp3) is 0.846. The second-order valence-corrected chi connectivity index (χ2v) is 4.13. The molecule has 15 heavy (non-hydrogen) atoms. The van der Waals surface area contributed by atoms with E-state index in [-0.39, 0.29) is 24.0 Å². The fourth-order valence-electron chi connectivity index (χ4n) is 2.34. The number of likely N-dealkylation sites (tertiary alicyclic amines) is 1. The highest BCUT2D eigenvalue weighted by molar-refractivity contribution is 14.0. The molecule has 1 heterocycles. The Kier molecular flexibility index (Phi) is 11.2. The molecule has 0 bridgehead atoms. The molecule has 0 aliphatic carbocycles. The highest BCUT2D eigenvalue weighted by Gasteiger charge is 2.21. The minimum absolute atomic E-state index is 0. The molecule has 0 spiro atoms. The zero-order valence-electron chi connectivity index (χ0n) is 11.0. The first-order valence-electron chi connectivity index (χ1n) is 6.06. The van der Waals surface area contributed by atoms with Crippen molar-refractivity contribution >= 4 is 24.0 Å². The largest absolute Gasteiger partial charge is 0.370 e. The molecule has 2 heteroatoms. The van der Waals surface area contributed by atoms with Gasteiger partial charge in [0.2, 0.25) is 0 Å². The number of hydrogen-bond donors (Lipinski definition) is 0. The molecule has 1 fully saturated rings. The zero-order valence-corrected chi connectivity index (χ0v) is 13.4. The maximum absolute atomic E-state index is 4.05. The van der Waals surface area contributed by atoms with Crippen LogP contribution >= 0.6 is 24.0 Å². The van der Waals surface area contributed by atoms with Crippen molar-refractivity contribution in [1.29, 1.82) is 0 Å². The summed E-state index contributed by atoms with van der Waals surface area (Å²) in [5.74, 6) is 0. The molecule has 92 valence electrons. The molecule has 1 rings (SSSR count). The van der Waals surface area contributed by atoms with E-state index in [2.05, 4.69) is 32.3 Å². The monoisotopic (exact) mass is 325 g/mol. The summed E-state index contributed by atoms with van der Waals surface area (Å²) in [6.45, 7) is 14.8. The first-order valence-corrected chi connectivity index (χ1v) is 6.06. The Balaban J connectivity index is 0. The minimum atomic E-state index is 0. The van der Waals surface area contributed by atoms with Crippen molar-refractivity contribution in [3.8, 4) is 0 Å². The van der Waals surface area contributed by atoms with E-state index >= 15 is 0 Å². The van der Waals surface area contributed by atoms with E-state index < -0.39 is 0 Å². The van der Waals surface area contributed by atoms with Gasteiger partial charge in [-0.15, -0.1) is 24.0 Å². The van der Waals surface area contributed by atoms with E-state index in [0.29, 0.717) is 12.1 Å². The third kappa shape index (κ3) is 5.79. The van der Waals surface area contributed by atoms with Crippen LogP contribution in [0.5, 0.6) is 0 Å². The van der Waals surface area contributed by atoms with Crippen LogP contribution in [0.4, 0.5) is 0 Å². The Bertz CT molecular complexity index is 156. The number of hydrogen-bond acceptors (Lipinski definition) is 1. The summed E-state index contributed by atoms with van der Waals surface area (Å²) < 4.78 is 0. The number of halogens is 1. The van der Waals surface area contributed by atoms with Crippen molar-refractivity contribution in [2.75, 3.05) is 0 Å². The topological polar surface area (TPSA) is 3.24 Å². The van der Waals surface area contributed by atoms with E-state index in [1.165, 1.54) is 31.4 Å². The van der Waals surface area contributed by atoms with Crippen LogP contribution in [0, 0.1) is 0 Å². The lowest BCUT2D eigenvalue weighted by molar-refractivity contribution is 0.210. The average molecular weight is 325 g/mol. The SMILES string of the molecule is C=C(C)N1C(C)CCCCC1C.CC.I. The third-order valence-electron chi connectivity index (χ3n) is 2.88. The van der Waals surface area contributed by atoms with Crippen molar-refractivity contribution in [2.45, 2.75) is 72.4 Å². The third-order valence-corrected chi connectivity index (χ3v) is 2.88. The molecule has 1 nitrogen and oxygen atoms in total. The molecule has 0 aromatic carbocycles. The van der Waals surface area contributed by atoms with Crippen LogP contribution in [0.25, 0.3) is 0 Å². The van der Waals surface area contributed by atoms with E-state index in [1.54, 1.807) is 0 Å². The van der Waals surface area contributed by atoms with Crippen LogP contribution in [0.1, 0.15) is 60.3 Å². The Morgan fingerprint density at radius 1 is 1.07 bits per heavy atom. The van der Waals surface area contributed by atoms with Crippen molar-refractivity contribution in [3.05, 3.63) is 12.3 Å². The van der Waals surface area contributed by atoms with E-state index in [1.807, 2.05) is 13.8 Å². The maximum atomic E-state index is 4.05. The van der Waals surface area contributed by atoms with Gasteiger partial charge < -0.3 is 4.90 Å². The lowest BCUT2D eigenvalue weighted by Crippen LogP contribution is -2.36. The highest BCUT2D eigenvalue weighted by atomic mass is 127. The number of rotatable bonds is 1. The summed E-state index contributed by atoms with van der Waals surface area (Å²) in [7, 11) is 0. The van der Waals surface area contributed by atoms with E-state index in [0.717, 1.165) is 0 Å². The van der Waals surface area contributed by atoms with Crippen LogP contribution < -0.4 is 0 Å². The van der Waals surface area contributed by atoms with Gasteiger partial charge in [-0.25, -0.2) is 0 Å². The van der Waals surface area contributed by atoms with Gasteiger partial charge in [-0.2, -0.15) is 0 Å². The van der Waals surface area contributed by atoms with Crippen molar-refractivity contribution in [1.82, 2.24) is 4.90 Å². The fourth-order valence-corrected chi connectivity index (χ4v) is 2.34. The summed E-state index contributed by atoms with van der Waals surface area (Å²) in [4.78, 5) is 2.48. The Labute approximate surface area is 113 Å². The van der Waals surface area contributed by atoms with Gasteiger partial charge in [-0.1, -0.05) is 33.3 Å². The van der Waals surface area contributed by atoms with Gasteiger partial charge in [0.05, 0.1) is 0 Å². The first-order chi connectivity index (χ1) is 6.63. The van der Waals surface area contributed by atoms with Crippen molar-refractivity contribution in [2.24, 2.45) is 0 Å². The van der Waals surface area contributed by atoms with Gasteiger partial charge in [0.15, 0.2) is 0 Å². The van der Waals surface area contributed by atoms with Crippen LogP contribution in [0.15, 0.2) is 12.3 Å². The molecule has 1 aliphatic heterocycles. The minimum Gasteiger partial charge on any atom is -0.370 e. The molecule has 0 amide bonds. The van der Waals surface area contributed by atoms with Gasteiger partial charge in [0.25, 0.3) is 0 Å². The second kappa shape index (κ2) is 9.49. The molecule has 1 saturated heterocycles. The molecule has 0 radical (unpaired) electrons. The molecule has 2 unspecified atom stereocenters. The molecule has 0 N–H and O–H groups in total. The maximum Gasteiger partial charge on any atom is 0.0261 e. The van der Waals surface area contributed by atoms with Crippen LogP contribution in [0.2, 0.25) is 0 Å². The molecule has 0 aromatic rings. The Hall–Kier alpha value is 0.270. The first kappa shape index (κ1) is 17.7. The molecular formula is C13H28IN. The molecular weight excluding hydrogens is 297 g/mol. The van der Waals surface area contributed by atoms with Crippen LogP contribution in [0.3, 0.4) is 0 Å². The van der Waals surface area contributed by atoms with Gasteiger partial charge >= 0.3 is 0 Å². The molecule has 0 saturated carbocycles. The standard InChI is InChI=1S/C11H21N.C2H6.HI/c1-9(2)12-10(3)7-5-6-8-11(12)4;1-2;/h10-11H,1,5-8H2,2-4H3;1-2H3;1H. The van der Waals surface area contributed by atoms with Gasteiger partial charge in [0.1, 0.15) is 0 Å². The predicted molar refractivity (Wildman–Crippen MR) is 80.8 cm³/mol. The number of nitrogens with zero attached hydrogens (tertiary/aromatic N) is 1. The van der Waals surface area contributed by atoms with Crippen molar-refractivity contribution < 1.29 is 0 Å².